The molecule has 0 amide bonds. The Kier molecular flexibility index (Phi) is 6.77. The van der Waals surface area contributed by atoms with E-state index in [1.807, 2.05) is 26.4 Å². The van der Waals surface area contributed by atoms with Crippen molar-refractivity contribution in [3.63, 3.8) is 0 Å². The summed E-state index contributed by atoms with van der Waals surface area (Å²) in [7, 11) is 0.579. The van der Waals surface area contributed by atoms with Crippen LogP contribution in [0.15, 0.2) is 61.2 Å². The van der Waals surface area contributed by atoms with E-state index >= 15 is 0 Å². The fourth-order valence-corrected chi connectivity index (χ4v) is 5.13. The van der Waals surface area contributed by atoms with Crippen molar-refractivity contribution in [1.82, 2.24) is 44.7 Å². The Balaban J connectivity index is 1.40. The van der Waals surface area contributed by atoms with Gasteiger partial charge in [-0.2, -0.15) is 5.10 Å². The summed E-state index contributed by atoms with van der Waals surface area (Å²) < 4.78 is 40.0. The molecule has 0 saturated carbocycles. The molecule has 0 saturated heterocycles. The maximum absolute atomic E-state index is 14.5. The highest BCUT2D eigenvalue weighted by atomic mass is 32.2. The highest BCUT2D eigenvalue weighted by Crippen LogP contribution is 2.32. The van der Waals surface area contributed by atoms with Crippen LogP contribution in [0.1, 0.15) is 11.1 Å². The van der Waals surface area contributed by atoms with E-state index in [1.165, 1.54) is 12.1 Å². The van der Waals surface area contributed by atoms with Gasteiger partial charge in [0.1, 0.15) is 17.0 Å². The molecule has 41 heavy (non-hydrogen) atoms. The van der Waals surface area contributed by atoms with Crippen molar-refractivity contribution in [3.05, 3.63) is 78.1 Å². The van der Waals surface area contributed by atoms with Crippen LogP contribution in [-0.2, 0) is 23.1 Å². The number of rotatable bonds is 8. The van der Waals surface area contributed by atoms with Gasteiger partial charge in [0.2, 0.25) is 10.0 Å². The molecule has 3 N–H and O–H groups in total. The molecule has 5 heterocycles. The number of nitrogens with zero attached hydrogens (tertiary/aromatic N) is 6. The van der Waals surface area contributed by atoms with Crippen molar-refractivity contribution < 1.29 is 12.8 Å². The molecule has 5 aromatic heterocycles. The molecule has 0 aliphatic heterocycles. The van der Waals surface area contributed by atoms with Crippen molar-refractivity contribution in [2.75, 3.05) is 20.4 Å². The van der Waals surface area contributed by atoms with Crippen LogP contribution in [0.4, 0.5) is 4.39 Å². The smallest absolute Gasteiger partial charge is 0.209 e. The van der Waals surface area contributed by atoms with Crippen LogP contribution in [0.3, 0.4) is 0 Å². The molecule has 11 nitrogen and oxygen atoms in total. The van der Waals surface area contributed by atoms with Gasteiger partial charge in [-0.25, -0.2) is 27.5 Å². The van der Waals surface area contributed by atoms with Gasteiger partial charge >= 0.3 is 0 Å². The lowest BCUT2D eigenvalue weighted by Gasteiger charge is -2.10. The lowest BCUT2D eigenvalue weighted by Crippen LogP contribution is -2.21. The number of aromatic amines is 2. The summed E-state index contributed by atoms with van der Waals surface area (Å²) in [5.41, 5.74) is 6.71. The van der Waals surface area contributed by atoms with E-state index in [9.17, 15) is 12.8 Å². The minimum atomic E-state index is -3.44. The van der Waals surface area contributed by atoms with Crippen LogP contribution < -0.4 is 4.72 Å². The zero-order valence-corrected chi connectivity index (χ0v) is 23.3. The zero-order chi connectivity index (χ0) is 28.7. The predicted molar refractivity (Wildman–Crippen MR) is 154 cm³/mol. The first kappa shape index (κ1) is 26.6. The van der Waals surface area contributed by atoms with E-state index in [-0.39, 0.29) is 6.54 Å². The van der Waals surface area contributed by atoms with Gasteiger partial charge in [-0.15, -0.1) is 0 Å². The molecule has 0 atom stereocenters. The summed E-state index contributed by atoms with van der Waals surface area (Å²) in [5.74, 6) is 0.00947. The van der Waals surface area contributed by atoms with Gasteiger partial charge in [0.25, 0.3) is 0 Å². The topological polar surface area (TPSA) is 145 Å². The Morgan fingerprint density at radius 1 is 0.976 bits per heavy atom. The molecule has 0 bridgehead atoms. The lowest BCUT2D eigenvalue weighted by atomic mass is 10.1. The van der Waals surface area contributed by atoms with Crippen LogP contribution in [0.25, 0.3) is 56.0 Å². The summed E-state index contributed by atoms with van der Waals surface area (Å²) >= 11 is 0. The summed E-state index contributed by atoms with van der Waals surface area (Å²) in [6.07, 6.45) is 8.08. The first-order valence-corrected chi connectivity index (χ1v) is 14.5. The molecule has 6 aromatic rings. The van der Waals surface area contributed by atoms with Crippen molar-refractivity contribution >= 4 is 32.1 Å². The number of nitrogens with one attached hydrogen (secondary N) is 3. The van der Waals surface area contributed by atoms with Gasteiger partial charge in [-0.3, -0.25) is 15.1 Å². The minimum Gasteiger partial charge on any atom is -0.337 e. The third-order valence-corrected chi connectivity index (χ3v) is 7.11. The lowest BCUT2D eigenvalue weighted by molar-refractivity contribution is 0.402. The maximum Gasteiger partial charge on any atom is 0.209 e. The van der Waals surface area contributed by atoms with Crippen LogP contribution >= 0.6 is 0 Å². The zero-order valence-electron chi connectivity index (χ0n) is 22.5. The SMILES string of the molecule is CN(C)Cc1cncc(-c2cnc3n[nH]c(-c4nc5c(-c6cc(F)cc(CNS(C)(=O)=O)c6)nccc5[nH]4)c3c2)c1. The van der Waals surface area contributed by atoms with Gasteiger partial charge in [-0.1, -0.05) is 0 Å². The van der Waals surface area contributed by atoms with E-state index in [1.54, 1.807) is 30.7 Å². The normalized spacial score (nSPS) is 12.1. The number of benzene rings is 1. The number of sulfonamides is 1. The monoisotopic (exact) mass is 571 g/mol. The highest BCUT2D eigenvalue weighted by Gasteiger charge is 2.18. The third-order valence-electron chi connectivity index (χ3n) is 6.44. The second-order valence-electron chi connectivity index (χ2n) is 10.1. The second-order valence-corrected chi connectivity index (χ2v) is 11.9. The van der Waals surface area contributed by atoms with Crippen LogP contribution in [0, 0.1) is 5.82 Å². The molecule has 0 fully saturated rings. The van der Waals surface area contributed by atoms with Crippen molar-refractivity contribution in [1.29, 1.82) is 0 Å². The Morgan fingerprint density at radius 2 is 1.78 bits per heavy atom. The molecule has 0 aliphatic rings. The summed E-state index contributed by atoms with van der Waals surface area (Å²) in [6.45, 7) is 0.721. The number of H-pyrrole nitrogens is 2. The Morgan fingerprint density at radius 3 is 2.59 bits per heavy atom. The summed E-state index contributed by atoms with van der Waals surface area (Å²) in [6, 6.07) is 10.2. The van der Waals surface area contributed by atoms with E-state index in [4.69, 9.17) is 4.98 Å². The average Bonchev–Trinajstić information content (AvgIpc) is 3.54. The maximum atomic E-state index is 14.5. The number of aromatic nitrogens is 7. The molecular weight excluding hydrogens is 545 g/mol. The Bertz CT molecular complexity index is 2020. The second kappa shape index (κ2) is 10.4. The fourth-order valence-electron chi connectivity index (χ4n) is 4.70. The molecule has 0 aliphatic carbocycles. The van der Waals surface area contributed by atoms with Crippen molar-refractivity contribution in [2.24, 2.45) is 0 Å². The van der Waals surface area contributed by atoms with E-state index < -0.39 is 15.8 Å². The van der Waals surface area contributed by atoms with Gasteiger partial charge in [0.15, 0.2) is 11.5 Å². The molecular formula is C28H26FN9O2S. The van der Waals surface area contributed by atoms with Crippen LogP contribution in [0.5, 0.6) is 0 Å². The van der Waals surface area contributed by atoms with Gasteiger partial charge < -0.3 is 9.88 Å². The quantitative estimate of drug-likeness (QED) is 0.250. The van der Waals surface area contributed by atoms with Crippen molar-refractivity contribution in [2.45, 2.75) is 13.1 Å². The van der Waals surface area contributed by atoms with E-state index in [0.29, 0.717) is 45.0 Å². The van der Waals surface area contributed by atoms with Gasteiger partial charge in [0.05, 0.1) is 22.9 Å². The van der Waals surface area contributed by atoms with Gasteiger partial charge in [-0.05, 0) is 61.6 Å². The number of hydrogen-bond donors (Lipinski definition) is 3. The number of halogens is 1. The number of hydrogen-bond acceptors (Lipinski definition) is 8. The Hall–Kier alpha value is -4.59. The Labute approximate surface area is 235 Å². The number of imidazole rings is 1. The summed E-state index contributed by atoms with van der Waals surface area (Å²) in [5, 5.41) is 8.17. The fraction of sp³-hybridized carbons (Fsp3) is 0.179. The van der Waals surface area contributed by atoms with E-state index in [0.717, 1.165) is 34.9 Å². The van der Waals surface area contributed by atoms with Crippen molar-refractivity contribution in [3.8, 4) is 33.9 Å². The summed E-state index contributed by atoms with van der Waals surface area (Å²) in [4.78, 5) is 23.6. The average molecular weight is 572 g/mol. The van der Waals surface area contributed by atoms with E-state index in [2.05, 4.69) is 45.8 Å². The molecule has 208 valence electrons. The molecule has 0 spiro atoms. The van der Waals surface area contributed by atoms with Gasteiger partial charge in [0, 0.05) is 54.6 Å². The van der Waals surface area contributed by atoms with Crippen LogP contribution in [-0.4, -0.2) is 68.8 Å². The van der Waals surface area contributed by atoms with Crippen LogP contribution in [0.2, 0.25) is 0 Å². The first-order chi connectivity index (χ1) is 19.6. The largest absolute Gasteiger partial charge is 0.337 e. The number of pyridine rings is 3. The first-order valence-electron chi connectivity index (χ1n) is 12.7. The molecule has 13 heteroatoms. The highest BCUT2D eigenvalue weighted by molar-refractivity contribution is 7.88. The standard InChI is InChI=1S/C28H26FN9O2S/c1-38(2)15-17-7-19(13-30-11-17)20-10-22-25(36-37-27(22)32-14-20)28-34-23-4-5-31-24(26(23)35-28)18-6-16(8-21(29)9-18)12-33-41(3,39)40/h4-11,13-14,33H,12,15H2,1-3H3,(H,34,35)(H,32,36,37). The predicted octanol–water partition coefficient (Wildman–Crippen LogP) is 3.88. The molecule has 6 rings (SSSR count). The molecule has 1 aromatic carbocycles. The minimum absolute atomic E-state index is 0.0472. The molecule has 0 unspecified atom stereocenters. The third kappa shape index (κ3) is 5.68. The number of fused-ring (bicyclic) bond motifs is 2. The molecule has 0 radical (unpaired) electrons.